The van der Waals surface area contributed by atoms with Crippen molar-refractivity contribution in [3.05, 3.63) is 66.5 Å². The maximum Gasteiger partial charge on any atom is 0.176 e. The van der Waals surface area contributed by atoms with Crippen molar-refractivity contribution in [2.45, 2.75) is 46.6 Å². The number of nitrogens with zero attached hydrogens (tertiary/aromatic N) is 2. The monoisotopic (exact) mass is 402 g/mol. The van der Waals surface area contributed by atoms with Crippen molar-refractivity contribution in [2.75, 3.05) is 0 Å². The minimum atomic E-state index is -1.08. The lowest BCUT2D eigenvalue weighted by molar-refractivity contribution is -0.670. The van der Waals surface area contributed by atoms with Gasteiger partial charge >= 0.3 is 0 Å². The van der Waals surface area contributed by atoms with E-state index in [2.05, 4.69) is 79.3 Å². The van der Waals surface area contributed by atoms with Crippen molar-refractivity contribution in [1.29, 1.82) is 0 Å². The van der Waals surface area contributed by atoms with Crippen molar-refractivity contribution >= 4 is 38.5 Å². The molecule has 156 valence electrons. The van der Waals surface area contributed by atoms with Crippen molar-refractivity contribution in [3.63, 3.8) is 0 Å². The van der Waals surface area contributed by atoms with E-state index in [1.165, 1.54) is 56.5 Å². The van der Waals surface area contributed by atoms with E-state index < -0.39 is 5.97 Å². The minimum absolute atomic E-state index is 0.972. The van der Waals surface area contributed by atoms with Crippen molar-refractivity contribution in [2.24, 2.45) is 7.05 Å². The molecule has 0 fully saturated rings. The van der Waals surface area contributed by atoms with E-state index in [0.717, 1.165) is 19.9 Å². The molecule has 4 nitrogen and oxygen atoms in total. The third-order valence-corrected chi connectivity index (χ3v) is 5.65. The van der Waals surface area contributed by atoms with Crippen LogP contribution >= 0.6 is 0 Å². The Hall–Kier alpha value is -3.14. The van der Waals surface area contributed by atoms with Gasteiger partial charge in [-0.3, -0.25) is 0 Å². The normalized spacial score (nSPS) is 10.9. The lowest BCUT2D eigenvalue weighted by atomic mass is 9.97. The molecule has 2 aromatic carbocycles. The van der Waals surface area contributed by atoms with Crippen LogP contribution in [0.25, 0.3) is 32.6 Å². The molecular formula is C26H30N2O2. The van der Waals surface area contributed by atoms with E-state index in [9.17, 15) is 0 Å². The first-order valence-electron chi connectivity index (χ1n) is 10.4. The molecule has 0 aliphatic rings. The summed E-state index contributed by atoms with van der Waals surface area (Å²) >= 11 is 0. The molecule has 0 unspecified atom stereocenters. The van der Waals surface area contributed by atoms with Gasteiger partial charge in [-0.25, -0.2) is 4.57 Å². The van der Waals surface area contributed by atoms with Crippen LogP contribution < -0.4 is 9.67 Å². The Morgan fingerprint density at radius 3 is 2.50 bits per heavy atom. The summed E-state index contributed by atoms with van der Waals surface area (Å²) in [6.07, 6.45) is 9.90. The van der Waals surface area contributed by atoms with Gasteiger partial charge in [0.1, 0.15) is 7.05 Å². The molecule has 0 saturated heterocycles. The molecule has 2 heterocycles. The quantitative estimate of drug-likeness (QED) is 0.280. The Kier molecular flexibility index (Phi) is 6.56. The van der Waals surface area contributed by atoms with Gasteiger partial charge in [-0.15, -0.1) is 6.58 Å². The lowest BCUT2D eigenvalue weighted by Gasteiger charge is -2.12. The van der Waals surface area contributed by atoms with E-state index in [0.29, 0.717) is 0 Å². The molecule has 4 rings (SSSR count). The standard InChI is InChI=1S/C24H27N2.C2H4O2/c1-5-6-7-10-14-26-22-12-9-8-11-20(22)23-17(2)21-16-25(4)15-13-19(21)18(3)24(23)26;1-2(3)4/h5,8-9,11-13,15-16H,1,6-7,10,14H2,2-4H3;1H3,(H,3,4)/q+1;/p-1. The number of para-hydroxylation sites is 1. The highest BCUT2D eigenvalue weighted by Crippen LogP contribution is 2.38. The van der Waals surface area contributed by atoms with Crippen LogP contribution in [-0.4, -0.2) is 10.5 Å². The summed E-state index contributed by atoms with van der Waals surface area (Å²) in [6, 6.07) is 11.1. The first kappa shape index (κ1) is 21.6. The second-order valence-electron chi connectivity index (χ2n) is 7.86. The Labute approximate surface area is 178 Å². The van der Waals surface area contributed by atoms with Gasteiger partial charge in [0.2, 0.25) is 0 Å². The average Bonchev–Trinajstić information content (AvgIpc) is 3.04. The number of aromatic nitrogens is 2. The Bertz CT molecular complexity index is 1230. The average molecular weight is 403 g/mol. The highest BCUT2D eigenvalue weighted by atomic mass is 16.4. The number of carbonyl (C=O) groups is 1. The molecule has 4 heteroatoms. The van der Waals surface area contributed by atoms with Crippen molar-refractivity contribution in [3.8, 4) is 0 Å². The summed E-state index contributed by atoms with van der Waals surface area (Å²) in [6.45, 7) is 10.4. The van der Waals surface area contributed by atoms with Gasteiger partial charge in [0, 0.05) is 40.3 Å². The third-order valence-electron chi connectivity index (χ3n) is 5.65. The molecule has 0 aliphatic heterocycles. The topological polar surface area (TPSA) is 48.9 Å². The number of carboxylic acids is 1. The number of aryl methyl sites for hydroxylation is 4. The number of benzene rings is 2. The van der Waals surface area contributed by atoms with Crippen molar-refractivity contribution in [1.82, 2.24) is 4.57 Å². The van der Waals surface area contributed by atoms with E-state index >= 15 is 0 Å². The minimum Gasteiger partial charge on any atom is -0.550 e. The van der Waals surface area contributed by atoms with Crippen molar-refractivity contribution < 1.29 is 14.5 Å². The maximum atomic E-state index is 8.89. The number of allylic oxidation sites excluding steroid dienone is 1. The van der Waals surface area contributed by atoms with Crippen LogP contribution in [0.5, 0.6) is 0 Å². The summed E-state index contributed by atoms with van der Waals surface area (Å²) < 4.78 is 4.69. The van der Waals surface area contributed by atoms with Gasteiger partial charge in [0.15, 0.2) is 12.4 Å². The predicted octanol–water partition coefficient (Wildman–Crippen LogP) is 4.50. The Balaban J connectivity index is 0.000000589. The van der Waals surface area contributed by atoms with E-state index in [-0.39, 0.29) is 0 Å². The molecule has 4 aromatic rings. The smallest absolute Gasteiger partial charge is 0.176 e. The van der Waals surface area contributed by atoms with E-state index in [1.54, 1.807) is 0 Å². The number of rotatable bonds is 5. The molecule has 0 atom stereocenters. The van der Waals surface area contributed by atoms with Gasteiger partial charge in [0.25, 0.3) is 0 Å². The first-order chi connectivity index (χ1) is 14.4. The molecule has 0 bridgehead atoms. The summed E-state index contributed by atoms with van der Waals surface area (Å²) in [5.74, 6) is -1.08. The number of pyridine rings is 1. The first-order valence-corrected chi connectivity index (χ1v) is 10.4. The number of unbranched alkanes of at least 4 members (excludes halogenated alkanes) is 2. The highest BCUT2D eigenvalue weighted by Gasteiger charge is 2.18. The predicted molar refractivity (Wildman–Crippen MR) is 122 cm³/mol. The molecule has 0 aliphatic carbocycles. The Morgan fingerprint density at radius 1 is 1.10 bits per heavy atom. The lowest BCUT2D eigenvalue weighted by Crippen LogP contribution is -2.26. The SMILES string of the molecule is C=CCCCCn1c2ccccc2c2c(C)c3c[n+](C)ccc3c(C)c21.CC(=O)[O-]. The molecule has 0 spiro atoms. The molecular weight excluding hydrogens is 372 g/mol. The fraction of sp³-hybridized carbons (Fsp3) is 0.308. The molecule has 30 heavy (non-hydrogen) atoms. The summed E-state index contributed by atoms with van der Waals surface area (Å²) in [5, 5.41) is 14.4. The highest BCUT2D eigenvalue weighted by molar-refractivity contribution is 6.16. The van der Waals surface area contributed by atoms with E-state index in [1.807, 2.05) is 6.08 Å². The zero-order chi connectivity index (χ0) is 21.8. The van der Waals surface area contributed by atoms with Crippen LogP contribution in [0.2, 0.25) is 0 Å². The second kappa shape index (κ2) is 9.12. The van der Waals surface area contributed by atoms with Gasteiger partial charge < -0.3 is 14.5 Å². The second-order valence-corrected chi connectivity index (χ2v) is 7.86. The van der Waals surface area contributed by atoms with Crippen LogP contribution in [-0.2, 0) is 18.4 Å². The van der Waals surface area contributed by atoms with Gasteiger partial charge in [0.05, 0.1) is 5.52 Å². The summed E-state index contributed by atoms with van der Waals surface area (Å²) in [4.78, 5) is 8.89. The van der Waals surface area contributed by atoms with Gasteiger partial charge in [-0.05, 0) is 62.6 Å². The molecule has 2 aromatic heterocycles. The zero-order valence-electron chi connectivity index (χ0n) is 18.4. The number of carbonyl (C=O) groups excluding carboxylic acids is 1. The van der Waals surface area contributed by atoms with Gasteiger partial charge in [-0.2, -0.15) is 0 Å². The molecule has 0 saturated carbocycles. The van der Waals surface area contributed by atoms with Crippen LogP contribution in [0.4, 0.5) is 0 Å². The van der Waals surface area contributed by atoms with Crippen LogP contribution in [0.15, 0.2) is 55.4 Å². The number of fused-ring (bicyclic) bond motifs is 4. The molecule has 0 radical (unpaired) electrons. The molecule has 0 amide bonds. The Morgan fingerprint density at radius 2 is 1.80 bits per heavy atom. The van der Waals surface area contributed by atoms with E-state index in [4.69, 9.17) is 9.90 Å². The zero-order valence-corrected chi connectivity index (χ0v) is 18.4. The number of hydrogen-bond acceptors (Lipinski definition) is 2. The largest absolute Gasteiger partial charge is 0.550 e. The maximum absolute atomic E-state index is 8.89. The summed E-state index contributed by atoms with van der Waals surface area (Å²) in [7, 11) is 2.10. The number of carboxylic acid groups (broad SMARTS) is 1. The molecule has 0 N–H and O–H groups in total. The van der Waals surface area contributed by atoms with Gasteiger partial charge in [-0.1, -0.05) is 24.3 Å². The fourth-order valence-corrected chi connectivity index (χ4v) is 4.35. The van der Waals surface area contributed by atoms with Crippen LogP contribution in [0.3, 0.4) is 0 Å². The van der Waals surface area contributed by atoms with Crippen LogP contribution in [0, 0.1) is 13.8 Å². The number of aliphatic carboxylic acids is 1. The third kappa shape index (κ3) is 4.09. The van der Waals surface area contributed by atoms with Crippen LogP contribution in [0.1, 0.15) is 37.3 Å². The summed E-state index contributed by atoms with van der Waals surface area (Å²) in [5.41, 5.74) is 5.54. The fourth-order valence-electron chi connectivity index (χ4n) is 4.35. The number of hydrogen-bond donors (Lipinski definition) is 0.